The normalized spacial score (nSPS) is 13.2. The highest BCUT2D eigenvalue weighted by molar-refractivity contribution is 6.32. The van der Waals surface area contributed by atoms with Crippen LogP contribution in [0.15, 0.2) is 41.3 Å². The maximum absolute atomic E-state index is 13.7. The van der Waals surface area contributed by atoms with Crippen LogP contribution in [0, 0.1) is 5.82 Å². The fourth-order valence-corrected chi connectivity index (χ4v) is 3.61. The van der Waals surface area contributed by atoms with Crippen molar-refractivity contribution in [2.45, 2.75) is 25.8 Å². The van der Waals surface area contributed by atoms with Crippen LogP contribution in [0.4, 0.5) is 10.1 Å². The Balaban J connectivity index is 1.66. The van der Waals surface area contributed by atoms with Crippen LogP contribution in [0.2, 0.25) is 5.02 Å². The highest BCUT2D eigenvalue weighted by atomic mass is 35.5. The second kappa shape index (κ2) is 7.12. The SMILES string of the molecule is O=C(Nc1ccc(-n2c(O)c3n(c2=O)CCCC3)c(Cl)c1)c1ncccc1F. The van der Waals surface area contributed by atoms with Gasteiger partial charge in [-0.3, -0.25) is 9.36 Å². The second-order valence-corrected chi connectivity index (χ2v) is 6.86. The molecule has 2 aromatic heterocycles. The zero-order valence-corrected chi connectivity index (χ0v) is 15.4. The number of hydrogen-bond acceptors (Lipinski definition) is 4. The van der Waals surface area contributed by atoms with Crippen molar-refractivity contribution in [1.82, 2.24) is 14.1 Å². The number of aromatic nitrogens is 3. The molecule has 0 aliphatic carbocycles. The molecule has 0 radical (unpaired) electrons. The Bertz CT molecular complexity index is 1140. The number of nitrogens with one attached hydrogen (secondary N) is 1. The largest absolute Gasteiger partial charge is 0.493 e. The van der Waals surface area contributed by atoms with E-state index in [1.165, 1.54) is 30.5 Å². The molecule has 3 heterocycles. The predicted octanol–water partition coefficient (Wildman–Crippen LogP) is 3.12. The minimum atomic E-state index is -0.737. The third-order valence-electron chi connectivity index (χ3n) is 4.68. The lowest BCUT2D eigenvalue weighted by Gasteiger charge is -2.12. The number of halogens is 2. The molecule has 1 amide bonds. The van der Waals surface area contributed by atoms with Crippen LogP contribution in [0.25, 0.3) is 5.69 Å². The molecule has 9 heteroatoms. The van der Waals surface area contributed by atoms with Crippen molar-refractivity contribution in [1.29, 1.82) is 0 Å². The molecule has 0 fully saturated rings. The van der Waals surface area contributed by atoms with Crippen LogP contribution in [-0.4, -0.2) is 25.1 Å². The van der Waals surface area contributed by atoms with Crippen LogP contribution in [0.5, 0.6) is 5.88 Å². The summed E-state index contributed by atoms with van der Waals surface area (Å²) in [5, 5.41) is 13.2. The van der Waals surface area contributed by atoms with Crippen molar-refractivity contribution >= 4 is 23.2 Å². The summed E-state index contributed by atoms with van der Waals surface area (Å²) in [6.45, 7) is 0.552. The van der Waals surface area contributed by atoms with Gasteiger partial charge in [-0.05, 0) is 49.6 Å². The fourth-order valence-electron chi connectivity index (χ4n) is 3.34. The molecule has 28 heavy (non-hydrogen) atoms. The first-order valence-electron chi connectivity index (χ1n) is 8.72. The zero-order chi connectivity index (χ0) is 19.8. The Kier molecular flexibility index (Phi) is 4.64. The topological polar surface area (TPSA) is 89.2 Å². The van der Waals surface area contributed by atoms with Gasteiger partial charge < -0.3 is 10.4 Å². The Morgan fingerprint density at radius 3 is 2.82 bits per heavy atom. The molecular formula is C19H16ClFN4O3. The number of aromatic hydroxyl groups is 1. The van der Waals surface area contributed by atoms with Crippen LogP contribution in [-0.2, 0) is 13.0 Å². The van der Waals surface area contributed by atoms with E-state index >= 15 is 0 Å². The van der Waals surface area contributed by atoms with E-state index in [9.17, 15) is 19.1 Å². The van der Waals surface area contributed by atoms with E-state index in [0.29, 0.717) is 30.0 Å². The predicted molar refractivity (Wildman–Crippen MR) is 102 cm³/mol. The summed E-state index contributed by atoms with van der Waals surface area (Å²) < 4.78 is 16.4. The maximum Gasteiger partial charge on any atom is 0.335 e. The van der Waals surface area contributed by atoms with E-state index in [0.717, 1.165) is 23.5 Å². The smallest absolute Gasteiger partial charge is 0.335 e. The van der Waals surface area contributed by atoms with Crippen molar-refractivity contribution in [3.05, 3.63) is 69.2 Å². The lowest BCUT2D eigenvalue weighted by Crippen LogP contribution is -2.26. The van der Waals surface area contributed by atoms with Gasteiger partial charge in [-0.15, -0.1) is 0 Å². The first kappa shape index (κ1) is 18.2. The van der Waals surface area contributed by atoms with Gasteiger partial charge in [0.25, 0.3) is 5.91 Å². The minimum absolute atomic E-state index is 0.126. The summed E-state index contributed by atoms with van der Waals surface area (Å²) in [5.74, 6) is -1.58. The molecule has 1 aliphatic rings. The van der Waals surface area contributed by atoms with Gasteiger partial charge in [0.1, 0.15) is 0 Å². The highest BCUT2D eigenvalue weighted by Crippen LogP contribution is 2.30. The summed E-state index contributed by atoms with van der Waals surface area (Å²) in [6.07, 6.45) is 3.71. The van der Waals surface area contributed by atoms with Crippen molar-refractivity contribution in [2.75, 3.05) is 5.32 Å². The lowest BCUT2D eigenvalue weighted by molar-refractivity contribution is 0.101. The number of carbonyl (C=O) groups excluding carboxylic acids is 1. The van der Waals surface area contributed by atoms with Gasteiger partial charge in [-0.2, -0.15) is 0 Å². The monoisotopic (exact) mass is 402 g/mol. The van der Waals surface area contributed by atoms with Crippen LogP contribution in [0.3, 0.4) is 0 Å². The second-order valence-electron chi connectivity index (χ2n) is 6.45. The Labute approximate surface area is 164 Å². The number of imidazole rings is 1. The zero-order valence-electron chi connectivity index (χ0n) is 14.7. The molecule has 0 spiro atoms. The van der Waals surface area contributed by atoms with Crippen LogP contribution in [0.1, 0.15) is 29.0 Å². The average Bonchev–Trinajstić information content (AvgIpc) is 2.93. The molecule has 144 valence electrons. The number of fused-ring (bicyclic) bond motifs is 1. The molecule has 7 nitrogen and oxygen atoms in total. The average molecular weight is 403 g/mol. The lowest BCUT2D eigenvalue weighted by atomic mass is 10.1. The summed E-state index contributed by atoms with van der Waals surface area (Å²) in [6, 6.07) is 6.99. The van der Waals surface area contributed by atoms with Gasteiger partial charge in [0, 0.05) is 18.4 Å². The number of rotatable bonds is 3. The molecule has 0 bridgehead atoms. The first-order chi connectivity index (χ1) is 13.5. The number of nitrogens with zero attached hydrogens (tertiary/aromatic N) is 3. The van der Waals surface area contributed by atoms with E-state index in [2.05, 4.69) is 10.3 Å². The quantitative estimate of drug-likeness (QED) is 0.704. The Morgan fingerprint density at radius 1 is 1.29 bits per heavy atom. The van der Waals surface area contributed by atoms with E-state index in [-0.39, 0.29) is 22.3 Å². The molecule has 0 atom stereocenters. The Morgan fingerprint density at radius 2 is 2.11 bits per heavy atom. The van der Waals surface area contributed by atoms with Gasteiger partial charge in [-0.1, -0.05) is 11.6 Å². The molecule has 0 saturated carbocycles. The van der Waals surface area contributed by atoms with Crippen molar-refractivity contribution < 1.29 is 14.3 Å². The van der Waals surface area contributed by atoms with Gasteiger partial charge in [0.2, 0.25) is 5.88 Å². The number of anilines is 1. The fraction of sp³-hybridized carbons (Fsp3) is 0.211. The van der Waals surface area contributed by atoms with Crippen molar-refractivity contribution in [3.63, 3.8) is 0 Å². The minimum Gasteiger partial charge on any atom is -0.493 e. The first-order valence-corrected chi connectivity index (χ1v) is 9.10. The Hall–Kier alpha value is -3.13. The van der Waals surface area contributed by atoms with E-state index in [1.54, 1.807) is 4.57 Å². The summed E-state index contributed by atoms with van der Waals surface area (Å²) in [7, 11) is 0. The summed E-state index contributed by atoms with van der Waals surface area (Å²) >= 11 is 6.31. The van der Waals surface area contributed by atoms with Crippen molar-refractivity contribution in [2.24, 2.45) is 0 Å². The number of amides is 1. The number of carbonyl (C=O) groups is 1. The standard InChI is InChI=1S/C19H16ClFN4O3/c20-12-10-11(23-17(26)16-13(21)4-3-8-22-16)6-7-14(12)25-18(27)15-5-1-2-9-24(15)19(25)28/h3-4,6-8,10,27H,1-2,5,9H2,(H,23,26). The van der Waals surface area contributed by atoms with Crippen molar-refractivity contribution in [3.8, 4) is 11.6 Å². The van der Waals surface area contributed by atoms with Crippen LogP contribution < -0.4 is 11.0 Å². The van der Waals surface area contributed by atoms with E-state index in [1.807, 2.05) is 0 Å². The summed E-state index contributed by atoms with van der Waals surface area (Å²) in [4.78, 5) is 28.6. The van der Waals surface area contributed by atoms with Gasteiger partial charge in [-0.25, -0.2) is 18.7 Å². The number of hydrogen-bond donors (Lipinski definition) is 2. The van der Waals surface area contributed by atoms with E-state index < -0.39 is 11.7 Å². The summed E-state index contributed by atoms with van der Waals surface area (Å²) in [5.41, 5.74) is 0.502. The molecule has 1 aromatic carbocycles. The highest BCUT2D eigenvalue weighted by Gasteiger charge is 2.24. The van der Waals surface area contributed by atoms with Gasteiger partial charge in [0.15, 0.2) is 11.5 Å². The van der Waals surface area contributed by atoms with Crippen LogP contribution >= 0.6 is 11.6 Å². The third-order valence-corrected chi connectivity index (χ3v) is 4.99. The maximum atomic E-state index is 13.7. The molecular weight excluding hydrogens is 387 g/mol. The molecule has 0 saturated heterocycles. The number of benzene rings is 1. The molecule has 2 N–H and O–H groups in total. The molecule has 4 rings (SSSR count). The van der Waals surface area contributed by atoms with E-state index in [4.69, 9.17) is 11.6 Å². The van der Waals surface area contributed by atoms with Gasteiger partial charge >= 0.3 is 5.69 Å². The molecule has 1 aliphatic heterocycles. The number of pyridine rings is 1. The molecule has 3 aromatic rings. The molecule has 0 unspecified atom stereocenters. The van der Waals surface area contributed by atoms with Gasteiger partial charge in [0.05, 0.1) is 16.4 Å². The third kappa shape index (κ3) is 3.05.